The zero-order valence-corrected chi connectivity index (χ0v) is 17.6. The van der Waals surface area contributed by atoms with Gasteiger partial charge in [0.05, 0.1) is 19.1 Å². The van der Waals surface area contributed by atoms with Gasteiger partial charge in [-0.3, -0.25) is 4.79 Å². The number of aromatic nitrogens is 2. The lowest BCUT2D eigenvalue weighted by Crippen LogP contribution is -2.26. The number of hydrogen-bond donors (Lipinski definition) is 1. The van der Waals surface area contributed by atoms with Crippen LogP contribution in [0, 0.1) is 11.8 Å². The molecule has 0 spiro atoms. The Bertz CT molecular complexity index is 972. The molecule has 3 aromatic rings. The minimum atomic E-state index is -0.102. The van der Waals surface area contributed by atoms with E-state index in [1.165, 1.54) is 5.56 Å². The van der Waals surface area contributed by atoms with Gasteiger partial charge in [-0.15, -0.1) is 0 Å². The van der Waals surface area contributed by atoms with Gasteiger partial charge in [-0.1, -0.05) is 35.5 Å². The average Bonchev–Trinajstić information content (AvgIpc) is 3.46. The normalized spacial score (nSPS) is 18.1. The van der Waals surface area contributed by atoms with Gasteiger partial charge in [0.15, 0.2) is 5.82 Å². The van der Waals surface area contributed by atoms with Crippen LogP contribution in [0.15, 0.2) is 59.1 Å². The third kappa shape index (κ3) is 5.49. The van der Waals surface area contributed by atoms with E-state index in [1.54, 1.807) is 0 Å². The highest BCUT2D eigenvalue weighted by molar-refractivity contribution is 5.73. The molecule has 0 radical (unpaired) electrons. The summed E-state index contributed by atoms with van der Waals surface area (Å²) in [5.74, 6) is 2.00. The molecule has 162 valence electrons. The van der Waals surface area contributed by atoms with Gasteiger partial charge in [0.1, 0.15) is 5.75 Å². The van der Waals surface area contributed by atoms with Crippen molar-refractivity contribution < 1.29 is 18.8 Å². The second-order valence-corrected chi connectivity index (χ2v) is 7.61. The van der Waals surface area contributed by atoms with E-state index < -0.39 is 0 Å². The summed E-state index contributed by atoms with van der Waals surface area (Å²) < 4.78 is 16.4. The van der Waals surface area contributed by atoms with Crippen molar-refractivity contribution in [3.63, 3.8) is 0 Å². The molecule has 0 unspecified atom stereocenters. The number of rotatable bonds is 9. The predicted octanol–water partition coefficient (Wildman–Crippen LogP) is 3.30. The van der Waals surface area contributed by atoms with Gasteiger partial charge in [0.25, 0.3) is 5.89 Å². The summed E-state index contributed by atoms with van der Waals surface area (Å²) in [6, 6.07) is 17.7. The smallest absolute Gasteiger partial charge is 0.310 e. The standard InChI is InChI=1S/C24H27N3O4/c1-2-29-24(28)21-16-25-15-19(21)14-17-8-10-20(11-9-17)30-13-12-22-26-23(31-27-22)18-6-4-3-5-7-18/h3-11,19,21,25H,2,12-16H2,1H3/t19-,21+/m1/s1. The van der Waals surface area contributed by atoms with Crippen LogP contribution in [0.1, 0.15) is 18.3 Å². The molecular formula is C24H27N3O4. The van der Waals surface area contributed by atoms with Gasteiger partial charge in [-0.05, 0) is 55.6 Å². The number of esters is 1. The van der Waals surface area contributed by atoms with E-state index in [9.17, 15) is 4.79 Å². The summed E-state index contributed by atoms with van der Waals surface area (Å²) in [5.41, 5.74) is 2.08. The maximum Gasteiger partial charge on any atom is 0.310 e. The molecule has 1 saturated heterocycles. The highest BCUT2D eigenvalue weighted by Crippen LogP contribution is 2.24. The van der Waals surface area contributed by atoms with Crippen LogP contribution in [-0.2, 0) is 22.4 Å². The fourth-order valence-electron chi connectivity index (χ4n) is 3.81. The summed E-state index contributed by atoms with van der Waals surface area (Å²) in [4.78, 5) is 16.5. The zero-order valence-electron chi connectivity index (χ0n) is 17.6. The van der Waals surface area contributed by atoms with Crippen LogP contribution in [0.25, 0.3) is 11.5 Å². The number of nitrogens with zero attached hydrogens (tertiary/aromatic N) is 2. The average molecular weight is 421 g/mol. The molecule has 1 aliphatic heterocycles. The topological polar surface area (TPSA) is 86.5 Å². The van der Waals surface area contributed by atoms with E-state index in [-0.39, 0.29) is 17.8 Å². The first-order valence-corrected chi connectivity index (χ1v) is 10.7. The van der Waals surface area contributed by atoms with Gasteiger partial charge in [0.2, 0.25) is 0 Å². The Morgan fingerprint density at radius 1 is 1.13 bits per heavy atom. The van der Waals surface area contributed by atoms with Gasteiger partial charge in [-0.2, -0.15) is 4.98 Å². The Morgan fingerprint density at radius 3 is 2.71 bits per heavy atom. The lowest BCUT2D eigenvalue weighted by atomic mass is 9.90. The summed E-state index contributed by atoms with van der Waals surface area (Å²) in [7, 11) is 0. The molecule has 7 heteroatoms. The molecule has 4 rings (SSSR count). The Morgan fingerprint density at radius 2 is 1.94 bits per heavy atom. The van der Waals surface area contributed by atoms with Gasteiger partial charge >= 0.3 is 5.97 Å². The molecule has 0 amide bonds. The molecule has 0 bridgehead atoms. The lowest BCUT2D eigenvalue weighted by molar-refractivity contribution is -0.148. The quantitative estimate of drug-likeness (QED) is 0.531. The monoisotopic (exact) mass is 421 g/mol. The van der Waals surface area contributed by atoms with Crippen molar-refractivity contribution in [2.45, 2.75) is 19.8 Å². The second-order valence-electron chi connectivity index (χ2n) is 7.61. The Hall–Kier alpha value is -3.19. The maximum atomic E-state index is 12.1. The van der Waals surface area contributed by atoms with Crippen molar-refractivity contribution in [2.75, 3.05) is 26.3 Å². The predicted molar refractivity (Wildman–Crippen MR) is 116 cm³/mol. The highest BCUT2D eigenvalue weighted by atomic mass is 16.5. The van der Waals surface area contributed by atoms with E-state index in [2.05, 4.69) is 27.6 Å². The van der Waals surface area contributed by atoms with Crippen molar-refractivity contribution in [1.82, 2.24) is 15.5 Å². The largest absolute Gasteiger partial charge is 0.493 e. The van der Waals surface area contributed by atoms with E-state index in [0.717, 1.165) is 24.3 Å². The molecule has 7 nitrogen and oxygen atoms in total. The van der Waals surface area contributed by atoms with Crippen LogP contribution in [0.5, 0.6) is 5.75 Å². The summed E-state index contributed by atoms with van der Waals surface area (Å²) in [6.45, 7) is 4.25. The van der Waals surface area contributed by atoms with Crippen molar-refractivity contribution in [3.05, 3.63) is 66.0 Å². The SMILES string of the molecule is CCOC(=O)[C@H]1CNC[C@H]1Cc1ccc(OCCc2noc(-c3ccccc3)n2)cc1. The Labute approximate surface area is 181 Å². The number of ether oxygens (including phenoxy) is 2. The van der Waals surface area contributed by atoms with Crippen LogP contribution in [0.2, 0.25) is 0 Å². The number of benzene rings is 2. The third-order valence-corrected chi connectivity index (χ3v) is 5.43. The first kappa shape index (κ1) is 21.1. The van der Waals surface area contributed by atoms with Crippen molar-refractivity contribution in [3.8, 4) is 17.2 Å². The van der Waals surface area contributed by atoms with Crippen LogP contribution < -0.4 is 10.1 Å². The number of carbonyl (C=O) groups is 1. The molecular weight excluding hydrogens is 394 g/mol. The van der Waals surface area contributed by atoms with E-state index in [1.807, 2.05) is 49.4 Å². The van der Waals surface area contributed by atoms with Crippen LogP contribution in [-0.4, -0.2) is 42.4 Å². The van der Waals surface area contributed by atoms with Gasteiger partial charge in [-0.25, -0.2) is 0 Å². The molecule has 31 heavy (non-hydrogen) atoms. The zero-order chi connectivity index (χ0) is 21.5. The minimum absolute atomic E-state index is 0.0772. The molecule has 0 saturated carbocycles. The molecule has 2 heterocycles. The molecule has 2 atom stereocenters. The first-order valence-electron chi connectivity index (χ1n) is 10.7. The number of carbonyl (C=O) groups excluding carboxylic acids is 1. The van der Waals surface area contributed by atoms with Gasteiger partial charge < -0.3 is 19.3 Å². The van der Waals surface area contributed by atoms with Crippen molar-refractivity contribution in [1.29, 1.82) is 0 Å². The highest BCUT2D eigenvalue weighted by Gasteiger charge is 2.33. The van der Waals surface area contributed by atoms with E-state index >= 15 is 0 Å². The summed E-state index contributed by atoms with van der Waals surface area (Å²) >= 11 is 0. The van der Waals surface area contributed by atoms with Crippen LogP contribution >= 0.6 is 0 Å². The fourth-order valence-corrected chi connectivity index (χ4v) is 3.81. The summed E-state index contributed by atoms with van der Waals surface area (Å²) in [5, 5.41) is 7.32. The Balaban J connectivity index is 1.26. The molecule has 1 aliphatic rings. The first-order chi connectivity index (χ1) is 15.2. The van der Waals surface area contributed by atoms with Crippen LogP contribution in [0.3, 0.4) is 0 Å². The second kappa shape index (κ2) is 10.2. The minimum Gasteiger partial charge on any atom is -0.493 e. The molecule has 0 aliphatic carbocycles. The third-order valence-electron chi connectivity index (χ3n) is 5.43. The molecule has 1 aromatic heterocycles. The number of hydrogen-bond acceptors (Lipinski definition) is 7. The van der Waals surface area contributed by atoms with Gasteiger partial charge in [0, 0.05) is 18.5 Å². The molecule has 1 fully saturated rings. The van der Waals surface area contributed by atoms with E-state index in [4.69, 9.17) is 14.0 Å². The molecule has 2 aromatic carbocycles. The van der Waals surface area contributed by atoms with Crippen molar-refractivity contribution in [2.24, 2.45) is 11.8 Å². The summed E-state index contributed by atoms with van der Waals surface area (Å²) in [6.07, 6.45) is 1.40. The maximum absolute atomic E-state index is 12.1. The number of nitrogens with one attached hydrogen (secondary N) is 1. The van der Waals surface area contributed by atoms with Crippen LogP contribution in [0.4, 0.5) is 0 Å². The lowest BCUT2D eigenvalue weighted by Gasteiger charge is -2.17. The molecule has 1 N–H and O–H groups in total. The van der Waals surface area contributed by atoms with Crippen molar-refractivity contribution >= 4 is 5.97 Å². The van der Waals surface area contributed by atoms with E-state index in [0.29, 0.717) is 37.9 Å². The Kier molecular flexibility index (Phi) is 6.94. The fraction of sp³-hybridized carbons (Fsp3) is 0.375.